The Hall–Kier alpha value is -2.52. The maximum Gasteiger partial charge on any atom is 0.341 e. The van der Waals surface area contributed by atoms with Gasteiger partial charge in [0.25, 0.3) is 0 Å². The third kappa shape index (κ3) is 5.59. The fourth-order valence-electron chi connectivity index (χ4n) is 3.85. The van der Waals surface area contributed by atoms with Crippen molar-refractivity contribution in [3.63, 3.8) is 0 Å². The van der Waals surface area contributed by atoms with Gasteiger partial charge in [-0.05, 0) is 49.2 Å². The van der Waals surface area contributed by atoms with Crippen LogP contribution < -0.4 is 10.1 Å². The van der Waals surface area contributed by atoms with E-state index in [1.807, 2.05) is 29.2 Å². The number of alkyl halides is 2. The lowest BCUT2D eigenvalue weighted by molar-refractivity contribution is -0.117. The van der Waals surface area contributed by atoms with Crippen molar-refractivity contribution in [2.45, 2.75) is 42.4 Å². The quantitative estimate of drug-likeness (QED) is 0.680. The topological polar surface area (TPSA) is 75.7 Å². The van der Waals surface area contributed by atoms with Gasteiger partial charge in [-0.25, -0.2) is 8.42 Å². The average Bonchev–Trinajstić information content (AvgIpc) is 2.99. The normalized spacial score (nSPS) is 17.9. The number of carbonyl (C=O) groups excluding carboxylic acids is 1. The number of hydrogen-bond donors (Lipinski definition) is 1. The van der Waals surface area contributed by atoms with Gasteiger partial charge in [0.2, 0.25) is 15.7 Å². The fraction of sp³-hybridized carbons (Fsp3) is 0.409. The molecule has 0 radical (unpaired) electrons. The zero-order chi connectivity index (χ0) is 22.4. The van der Waals surface area contributed by atoms with Crippen molar-refractivity contribution in [1.82, 2.24) is 4.90 Å². The van der Waals surface area contributed by atoms with Crippen molar-refractivity contribution < 1.29 is 26.7 Å². The Morgan fingerprint density at radius 3 is 2.52 bits per heavy atom. The lowest BCUT2D eigenvalue weighted by atomic mass is 10.0. The highest BCUT2D eigenvalue weighted by Gasteiger charge is 2.30. The Morgan fingerprint density at radius 2 is 1.84 bits per heavy atom. The second-order valence-electron chi connectivity index (χ2n) is 7.46. The molecule has 0 bridgehead atoms. The zero-order valence-corrected chi connectivity index (χ0v) is 18.1. The van der Waals surface area contributed by atoms with Gasteiger partial charge in [0, 0.05) is 6.04 Å². The number of likely N-dealkylation sites (tertiary alicyclic amines) is 1. The van der Waals surface area contributed by atoms with E-state index in [-0.39, 0.29) is 18.3 Å². The van der Waals surface area contributed by atoms with Crippen LogP contribution in [0, 0.1) is 0 Å². The van der Waals surface area contributed by atoms with Gasteiger partial charge in [0.1, 0.15) is 5.75 Å². The molecule has 2 aromatic carbocycles. The molecule has 1 atom stereocenters. The fourth-order valence-corrected chi connectivity index (χ4v) is 4.73. The van der Waals surface area contributed by atoms with Crippen LogP contribution in [-0.4, -0.2) is 45.2 Å². The number of hydrogen-bond acceptors (Lipinski definition) is 5. The summed E-state index contributed by atoms with van der Waals surface area (Å²) in [5, 5.41) is 2.52. The van der Waals surface area contributed by atoms with Gasteiger partial charge in [-0.3, -0.25) is 9.69 Å². The number of amides is 1. The first kappa shape index (κ1) is 23.1. The third-order valence-electron chi connectivity index (χ3n) is 5.41. The number of para-hydroxylation sites is 1. The molecule has 1 heterocycles. The van der Waals surface area contributed by atoms with Crippen LogP contribution in [-0.2, 0) is 14.6 Å². The van der Waals surface area contributed by atoms with Gasteiger partial charge in [-0.15, -0.1) is 0 Å². The molecule has 0 aromatic heterocycles. The number of methoxy groups -OCH3 is 1. The molecule has 1 fully saturated rings. The molecule has 9 heteroatoms. The molecule has 0 aliphatic carbocycles. The molecule has 2 aromatic rings. The lowest BCUT2D eigenvalue weighted by Gasteiger charge is -2.30. The molecule has 1 unspecified atom stereocenters. The van der Waals surface area contributed by atoms with E-state index >= 15 is 0 Å². The zero-order valence-electron chi connectivity index (χ0n) is 17.3. The second-order valence-corrected chi connectivity index (χ2v) is 9.34. The largest absolute Gasteiger partial charge is 0.497 e. The molecule has 6 nitrogen and oxygen atoms in total. The maximum absolute atomic E-state index is 13.0. The van der Waals surface area contributed by atoms with Crippen LogP contribution in [0.4, 0.5) is 14.5 Å². The monoisotopic (exact) mass is 452 g/mol. The summed E-state index contributed by atoms with van der Waals surface area (Å²) < 4.78 is 55.1. The van der Waals surface area contributed by atoms with Crippen LogP contribution in [0.25, 0.3) is 0 Å². The van der Waals surface area contributed by atoms with E-state index in [1.54, 1.807) is 7.11 Å². The molecule has 3 rings (SSSR count). The molecule has 1 aliphatic heterocycles. The lowest BCUT2D eigenvalue weighted by Crippen LogP contribution is -2.36. The number of sulfone groups is 1. The molecule has 0 saturated carbocycles. The number of nitrogens with zero attached hydrogens (tertiary/aromatic N) is 1. The molecule has 168 valence electrons. The van der Waals surface area contributed by atoms with Gasteiger partial charge in [0.15, 0.2) is 0 Å². The van der Waals surface area contributed by atoms with Gasteiger partial charge >= 0.3 is 5.76 Å². The van der Waals surface area contributed by atoms with Crippen LogP contribution >= 0.6 is 0 Å². The summed E-state index contributed by atoms with van der Waals surface area (Å²) in [7, 11) is -3.23. The van der Waals surface area contributed by atoms with Gasteiger partial charge < -0.3 is 10.1 Å². The highest BCUT2D eigenvalue weighted by Crippen LogP contribution is 2.31. The van der Waals surface area contributed by atoms with E-state index in [4.69, 9.17) is 4.74 Å². The minimum absolute atomic E-state index is 0.0270. The summed E-state index contributed by atoms with van der Waals surface area (Å²) in [5.74, 6) is -3.26. The SMILES string of the molecule is COc1ccc(C2CCCCCN2CC(=O)Nc2ccccc2S(=O)(=O)C(F)F)cc1. The standard InChI is InChI=1S/C22H26F2N2O4S/c1-30-17-12-10-16(11-13-17)19-8-3-2-6-14-26(19)15-21(27)25-18-7-4-5-9-20(18)31(28,29)22(23)24/h4-5,7,9-13,19,22H,2-3,6,8,14-15H2,1H3,(H,25,27). The molecule has 1 N–H and O–H groups in total. The number of carbonyl (C=O) groups is 1. The van der Waals surface area contributed by atoms with E-state index in [9.17, 15) is 22.0 Å². The van der Waals surface area contributed by atoms with Crippen molar-refractivity contribution in [1.29, 1.82) is 0 Å². The average molecular weight is 453 g/mol. The molecular formula is C22H26F2N2O4S. The van der Waals surface area contributed by atoms with Crippen molar-refractivity contribution >= 4 is 21.4 Å². The second kappa shape index (κ2) is 10.2. The molecular weight excluding hydrogens is 426 g/mol. The maximum atomic E-state index is 13.0. The van der Waals surface area contributed by atoms with E-state index in [2.05, 4.69) is 5.32 Å². The Kier molecular flexibility index (Phi) is 7.61. The predicted molar refractivity (Wildman–Crippen MR) is 114 cm³/mol. The number of benzene rings is 2. The number of rotatable bonds is 7. The van der Waals surface area contributed by atoms with Crippen molar-refractivity contribution in [3.8, 4) is 5.75 Å². The van der Waals surface area contributed by atoms with E-state index < -0.39 is 26.4 Å². The van der Waals surface area contributed by atoms with Gasteiger partial charge in [-0.2, -0.15) is 8.78 Å². The van der Waals surface area contributed by atoms with Crippen LogP contribution in [0.5, 0.6) is 5.75 Å². The van der Waals surface area contributed by atoms with Crippen molar-refractivity contribution in [3.05, 3.63) is 54.1 Å². The first-order valence-electron chi connectivity index (χ1n) is 10.1. The molecule has 1 aliphatic rings. The highest BCUT2D eigenvalue weighted by atomic mass is 32.2. The molecule has 31 heavy (non-hydrogen) atoms. The van der Waals surface area contributed by atoms with E-state index in [0.717, 1.165) is 43.1 Å². The summed E-state index contributed by atoms with van der Waals surface area (Å²) in [4.78, 5) is 14.2. The van der Waals surface area contributed by atoms with Crippen molar-refractivity contribution in [2.24, 2.45) is 0 Å². The highest BCUT2D eigenvalue weighted by molar-refractivity contribution is 7.91. The van der Waals surface area contributed by atoms with Gasteiger partial charge in [0.05, 0.1) is 24.2 Å². The third-order valence-corrected chi connectivity index (χ3v) is 6.85. The number of halogens is 2. The number of ether oxygens (including phenoxy) is 1. The van der Waals surface area contributed by atoms with E-state index in [0.29, 0.717) is 6.54 Å². The van der Waals surface area contributed by atoms with Crippen LogP contribution in [0.1, 0.15) is 37.3 Å². The minimum atomic E-state index is -4.83. The van der Waals surface area contributed by atoms with Crippen LogP contribution in [0.2, 0.25) is 0 Å². The summed E-state index contributed by atoms with van der Waals surface area (Å²) in [6.45, 7) is 0.737. The molecule has 1 amide bonds. The Morgan fingerprint density at radius 1 is 1.13 bits per heavy atom. The Bertz CT molecular complexity index is 997. The summed E-state index contributed by atoms with van der Waals surface area (Å²) in [5.41, 5.74) is 0.930. The smallest absolute Gasteiger partial charge is 0.341 e. The minimum Gasteiger partial charge on any atom is -0.497 e. The molecule has 1 saturated heterocycles. The number of anilines is 1. The first-order valence-corrected chi connectivity index (χ1v) is 11.7. The Labute approximate surface area is 181 Å². The molecule has 0 spiro atoms. The summed E-state index contributed by atoms with van der Waals surface area (Å²) in [6, 6.07) is 13.0. The van der Waals surface area contributed by atoms with E-state index in [1.165, 1.54) is 18.2 Å². The first-order chi connectivity index (χ1) is 14.8. The Balaban J connectivity index is 1.78. The number of nitrogens with one attached hydrogen (secondary N) is 1. The van der Waals surface area contributed by atoms with Crippen molar-refractivity contribution in [2.75, 3.05) is 25.5 Å². The summed E-state index contributed by atoms with van der Waals surface area (Å²) >= 11 is 0. The van der Waals surface area contributed by atoms with Gasteiger partial charge in [-0.1, -0.05) is 37.1 Å². The van der Waals surface area contributed by atoms with Crippen LogP contribution in [0.15, 0.2) is 53.4 Å². The summed E-state index contributed by atoms with van der Waals surface area (Å²) in [6.07, 6.45) is 3.91. The predicted octanol–water partition coefficient (Wildman–Crippen LogP) is 4.25. The van der Waals surface area contributed by atoms with Crippen LogP contribution in [0.3, 0.4) is 0 Å².